The predicted octanol–water partition coefficient (Wildman–Crippen LogP) is 5.70. The van der Waals surface area contributed by atoms with E-state index in [1.807, 2.05) is 43.3 Å². The topological polar surface area (TPSA) is 45.7 Å². The van der Waals surface area contributed by atoms with E-state index < -0.39 is 0 Å². The minimum atomic E-state index is -0.0578. The van der Waals surface area contributed by atoms with Gasteiger partial charge in [-0.1, -0.05) is 42.0 Å². The average molecular weight is 486 g/mol. The molecule has 1 aromatic heterocycles. The molecule has 0 saturated carbocycles. The molecule has 0 unspecified atom stereocenters. The molecule has 1 heterocycles. The molecule has 0 aliphatic rings. The van der Waals surface area contributed by atoms with E-state index in [9.17, 15) is 4.79 Å². The van der Waals surface area contributed by atoms with E-state index in [1.54, 1.807) is 35.9 Å². The van der Waals surface area contributed by atoms with Gasteiger partial charge in [-0.3, -0.25) is 9.69 Å². The van der Waals surface area contributed by atoms with Gasteiger partial charge in [-0.25, -0.2) is 4.98 Å². The lowest BCUT2D eigenvalue weighted by Gasteiger charge is -2.23. The molecule has 3 rings (SSSR count). The fourth-order valence-corrected chi connectivity index (χ4v) is 4.95. The van der Waals surface area contributed by atoms with Crippen molar-refractivity contribution in [3.05, 3.63) is 47.0 Å². The van der Waals surface area contributed by atoms with E-state index in [0.29, 0.717) is 33.5 Å². The highest BCUT2D eigenvalue weighted by molar-refractivity contribution is 7.99. The number of carbonyl (C=O) groups excluding carboxylic acids is 1. The number of fused-ring (bicyclic) bond motifs is 1. The zero-order valence-corrected chi connectivity index (χ0v) is 20.6. The minimum absolute atomic E-state index is 0. The van der Waals surface area contributed by atoms with Crippen molar-refractivity contribution in [1.29, 1.82) is 0 Å². The summed E-state index contributed by atoms with van der Waals surface area (Å²) in [5.41, 5.74) is 1.37. The Morgan fingerprint density at radius 3 is 2.60 bits per heavy atom. The summed E-state index contributed by atoms with van der Waals surface area (Å²) in [6, 6.07) is 11.3. The number of carbonyl (C=O) groups is 1. The lowest BCUT2D eigenvalue weighted by molar-refractivity contribution is 0.0982. The standard InChI is InChI=1S/C21H24ClN3O2S2.ClH/c1-5-28-17-9-7-6-8-14(17)20(26)25(13-12-24(2)3)21-23-18-16(27-4)11-10-15(22)19(18)29-21;/h6-11H,5,12-13H2,1-4H3;1H. The van der Waals surface area contributed by atoms with Gasteiger partial charge in [-0.05, 0) is 44.1 Å². The summed E-state index contributed by atoms with van der Waals surface area (Å²) >= 11 is 9.47. The monoisotopic (exact) mass is 485 g/mol. The molecule has 0 N–H and O–H groups in total. The maximum absolute atomic E-state index is 13.6. The Hall–Kier alpha value is -1.51. The van der Waals surface area contributed by atoms with Crippen LogP contribution in [0.15, 0.2) is 41.3 Å². The first-order valence-electron chi connectivity index (χ1n) is 9.27. The molecule has 3 aromatic rings. The number of hydrogen-bond donors (Lipinski definition) is 0. The Morgan fingerprint density at radius 1 is 1.20 bits per heavy atom. The smallest absolute Gasteiger partial charge is 0.261 e. The van der Waals surface area contributed by atoms with Crippen molar-refractivity contribution >= 4 is 68.4 Å². The first-order valence-corrected chi connectivity index (χ1v) is 11.5. The van der Waals surface area contributed by atoms with Crippen molar-refractivity contribution in [2.45, 2.75) is 11.8 Å². The molecule has 0 aliphatic heterocycles. The SMILES string of the molecule is CCSc1ccccc1C(=O)N(CCN(C)C)c1nc2c(OC)ccc(Cl)c2s1.Cl. The van der Waals surface area contributed by atoms with E-state index in [1.165, 1.54) is 11.3 Å². The van der Waals surface area contributed by atoms with Gasteiger partial charge in [0.15, 0.2) is 5.13 Å². The Labute approximate surface area is 196 Å². The number of ether oxygens (including phenoxy) is 1. The van der Waals surface area contributed by atoms with Gasteiger partial charge in [0.1, 0.15) is 11.3 Å². The summed E-state index contributed by atoms with van der Waals surface area (Å²) in [5.74, 6) is 1.49. The van der Waals surface area contributed by atoms with Gasteiger partial charge < -0.3 is 9.64 Å². The molecule has 0 aliphatic carbocycles. The van der Waals surface area contributed by atoms with Crippen molar-refractivity contribution in [1.82, 2.24) is 9.88 Å². The Bertz CT molecular complexity index is 1010. The van der Waals surface area contributed by atoms with E-state index in [0.717, 1.165) is 21.9 Å². The van der Waals surface area contributed by atoms with Gasteiger partial charge in [0.05, 0.1) is 22.4 Å². The summed E-state index contributed by atoms with van der Waals surface area (Å²) < 4.78 is 6.26. The normalized spacial score (nSPS) is 10.9. The number of rotatable bonds is 8. The largest absolute Gasteiger partial charge is 0.494 e. The summed E-state index contributed by atoms with van der Waals surface area (Å²) in [5, 5.41) is 1.22. The van der Waals surface area contributed by atoms with Gasteiger partial charge in [0, 0.05) is 18.0 Å². The number of thioether (sulfide) groups is 1. The lowest BCUT2D eigenvalue weighted by atomic mass is 10.2. The highest BCUT2D eigenvalue weighted by Crippen LogP contribution is 2.39. The van der Waals surface area contributed by atoms with E-state index in [-0.39, 0.29) is 18.3 Å². The van der Waals surface area contributed by atoms with E-state index in [4.69, 9.17) is 21.3 Å². The van der Waals surface area contributed by atoms with Crippen molar-refractivity contribution in [3.63, 3.8) is 0 Å². The maximum atomic E-state index is 13.6. The number of nitrogens with zero attached hydrogens (tertiary/aromatic N) is 3. The molecule has 162 valence electrons. The van der Waals surface area contributed by atoms with Crippen LogP contribution in [0, 0.1) is 0 Å². The first kappa shape index (κ1) is 24.8. The van der Waals surface area contributed by atoms with Crippen molar-refractivity contribution in [2.75, 3.05) is 44.9 Å². The van der Waals surface area contributed by atoms with Crippen molar-refractivity contribution < 1.29 is 9.53 Å². The molecule has 5 nitrogen and oxygen atoms in total. The number of aromatic nitrogens is 1. The molecule has 2 aromatic carbocycles. The van der Waals surface area contributed by atoms with Crippen LogP contribution in [0.4, 0.5) is 5.13 Å². The number of likely N-dealkylation sites (N-methyl/N-ethyl adjacent to an activating group) is 1. The summed E-state index contributed by atoms with van der Waals surface area (Å²) in [6.07, 6.45) is 0. The number of benzene rings is 2. The quantitative estimate of drug-likeness (QED) is 0.382. The molecule has 9 heteroatoms. The van der Waals surface area contributed by atoms with Crippen LogP contribution in [0.5, 0.6) is 5.75 Å². The molecule has 1 amide bonds. The van der Waals surface area contributed by atoms with Crippen LogP contribution in [0.3, 0.4) is 0 Å². The lowest BCUT2D eigenvalue weighted by Crippen LogP contribution is -2.37. The molecule has 0 spiro atoms. The predicted molar refractivity (Wildman–Crippen MR) is 132 cm³/mol. The third kappa shape index (κ3) is 5.39. The number of anilines is 1. The molecule has 0 atom stereocenters. The van der Waals surface area contributed by atoms with Gasteiger partial charge in [0.2, 0.25) is 0 Å². The second kappa shape index (κ2) is 11.2. The fourth-order valence-electron chi connectivity index (χ4n) is 2.88. The van der Waals surface area contributed by atoms with E-state index >= 15 is 0 Å². The van der Waals surface area contributed by atoms with Crippen LogP contribution >= 0.6 is 47.1 Å². The van der Waals surface area contributed by atoms with Crippen LogP contribution in [-0.4, -0.2) is 55.8 Å². The number of hydrogen-bond acceptors (Lipinski definition) is 6. The average Bonchev–Trinajstić information content (AvgIpc) is 3.15. The third-order valence-corrected chi connectivity index (χ3v) is 6.83. The highest BCUT2D eigenvalue weighted by atomic mass is 35.5. The van der Waals surface area contributed by atoms with Crippen LogP contribution in [-0.2, 0) is 0 Å². The molecule has 0 radical (unpaired) electrons. The zero-order valence-electron chi connectivity index (χ0n) is 17.3. The van der Waals surface area contributed by atoms with Crippen molar-refractivity contribution in [2.24, 2.45) is 0 Å². The summed E-state index contributed by atoms with van der Waals surface area (Å²) in [6.45, 7) is 3.32. The molecule has 0 bridgehead atoms. The van der Waals surface area contributed by atoms with Crippen LogP contribution in [0.2, 0.25) is 5.02 Å². The molecular weight excluding hydrogens is 461 g/mol. The second-order valence-electron chi connectivity index (χ2n) is 6.61. The molecular formula is C21H25Cl2N3O2S2. The van der Waals surface area contributed by atoms with E-state index in [2.05, 4.69) is 6.92 Å². The fraction of sp³-hybridized carbons (Fsp3) is 0.333. The Kier molecular flexibility index (Phi) is 9.25. The van der Waals surface area contributed by atoms with Gasteiger partial charge in [-0.15, -0.1) is 24.2 Å². The Morgan fingerprint density at radius 2 is 1.93 bits per heavy atom. The Balaban J connectivity index is 0.00000320. The summed E-state index contributed by atoms with van der Waals surface area (Å²) in [4.78, 5) is 23.1. The molecule has 0 fully saturated rings. The van der Waals surface area contributed by atoms with Crippen LogP contribution < -0.4 is 9.64 Å². The third-order valence-electron chi connectivity index (χ3n) is 4.33. The van der Waals surface area contributed by atoms with Gasteiger partial charge in [0.25, 0.3) is 5.91 Å². The molecule has 30 heavy (non-hydrogen) atoms. The summed E-state index contributed by atoms with van der Waals surface area (Å²) in [7, 11) is 5.58. The molecule has 0 saturated heterocycles. The second-order valence-corrected chi connectivity index (χ2v) is 9.30. The van der Waals surface area contributed by atoms with Crippen LogP contribution in [0.25, 0.3) is 10.2 Å². The van der Waals surface area contributed by atoms with Crippen LogP contribution in [0.1, 0.15) is 17.3 Å². The maximum Gasteiger partial charge on any atom is 0.261 e. The number of amides is 1. The first-order chi connectivity index (χ1) is 14.0. The number of methoxy groups -OCH3 is 1. The number of halogens is 2. The minimum Gasteiger partial charge on any atom is -0.494 e. The highest BCUT2D eigenvalue weighted by Gasteiger charge is 2.24. The van der Waals surface area contributed by atoms with Gasteiger partial charge >= 0.3 is 0 Å². The number of thiazole rings is 1. The van der Waals surface area contributed by atoms with Crippen molar-refractivity contribution in [3.8, 4) is 5.75 Å². The zero-order chi connectivity index (χ0) is 21.0. The van der Waals surface area contributed by atoms with Gasteiger partial charge in [-0.2, -0.15) is 0 Å².